The fourth-order valence-electron chi connectivity index (χ4n) is 2.41. The molecule has 140 valence electrons. The maximum absolute atomic E-state index is 12.3. The summed E-state index contributed by atoms with van der Waals surface area (Å²) in [7, 11) is -0.686. The largest absolute Gasteiger partial charge is 0.370 e. The van der Waals surface area contributed by atoms with Crippen molar-refractivity contribution in [2.75, 3.05) is 58.8 Å². The van der Waals surface area contributed by atoms with Crippen LogP contribution in [0, 0.1) is 0 Å². The van der Waals surface area contributed by atoms with Crippen LogP contribution in [0.3, 0.4) is 0 Å². The van der Waals surface area contributed by atoms with Gasteiger partial charge in [-0.05, 0) is 30.4 Å². The molecule has 10 heteroatoms. The second-order valence-electron chi connectivity index (χ2n) is 5.93. The average Bonchev–Trinajstić information content (AvgIpc) is 2.57. The van der Waals surface area contributed by atoms with Crippen LogP contribution in [0.25, 0.3) is 0 Å². The van der Waals surface area contributed by atoms with Gasteiger partial charge in [-0.3, -0.25) is 0 Å². The fraction of sp³-hybridized carbons (Fsp3) is 0.533. The van der Waals surface area contributed by atoms with Gasteiger partial charge >= 0.3 is 0 Å². The van der Waals surface area contributed by atoms with Gasteiger partial charge in [0.1, 0.15) is 18.0 Å². The predicted octanol–water partition coefficient (Wildman–Crippen LogP) is -0.208. The van der Waals surface area contributed by atoms with Crippen LogP contribution in [-0.2, 0) is 14.8 Å². The number of anilines is 1. The van der Waals surface area contributed by atoms with Gasteiger partial charge in [-0.15, -0.1) is 0 Å². The standard InChI is InChI=1S/C15H23ClN4O3S2/c1-19(2)25(21,22)14-11-12(3-4-13(14)16)18-15(24)17-5-6-20-7-9-23-10-8-20/h3-4,11H,5-10H2,1-2H3,(H2,17,18,24)/p+1. The van der Waals surface area contributed by atoms with Gasteiger partial charge < -0.3 is 20.3 Å². The molecule has 25 heavy (non-hydrogen) atoms. The number of rotatable bonds is 6. The van der Waals surface area contributed by atoms with Gasteiger partial charge in [0.2, 0.25) is 10.0 Å². The first-order valence-electron chi connectivity index (χ1n) is 7.99. The van der Waals surface area contributed by atoms with Crippen molar-refractivity contribution >= 4 is 44.6 Å². The Balaban J connectivity index is 1.92. The third kappa shape index (κ3) is 5.77. The molecule has 7 nitrogen and oxygen atoms in total. The van der Waals surface area contributed by atoms with Crippen molar-refractivity contribution in [2.24, 2.45) is 0 Å². The Kier molecular flexibility index (Phi) is 7.41. The van der Waals surface area contributed by atoms with E-state index in [0.29, 0.717) is 10.8 Å². The SMILES string of the molecule is CN(C)S(=O)(=O)c1cc(NC(=S)NCC[NH+]2CCOCC2)ccc1Cl. The van der Waals surface area contributed by atoms with Crippen molar-refractivity contribution in [2.45, 2.75) is 4.90 Å². The molecule has 0 bridgehead atoms. The summed E-state index contributed by atoms with van der Waals surface area (Å²) < 4.78 is 31.0. The summed E-state index contributed by atoms with van der Waals surface area (Å²) in [4.78, 5) is 1.53. The van der Waals surface area contributed by atoms with Gasteiger partial charge in [0, 0.05) is 19.8 Å². The van der Waals surface area contributed by atoms with Crippen molar-refractivity contribution in [3.8, 4) is 0 Å². The highest BCUT2D eigenvalue weighted by atomic mass is 35.5. The zero-order valence-corrected chi connectivity index (χ0v) is 16.7. The van der Waals surface area contributed by atoms with Gasteiger partial charge in [0.15, 0.2) is 5.11 Å². The van der Waals surface area contributed by atoms with Crippen LogP contribution in [0.4, 0.5) is 5.69 Å². The number of thiocarbonyl (C=S) groups is 1. The van der Waals surface area contributed by atoms with Gasteiger partial charge in [-0.1, -0.05) is 11.6 Å². The molecular formula is C15H24ClN4O3S2+. The number of nitrogens with zero attached hydrogens (tertiary/aromatic N) is 1. The van der Waals surface area contributed by atoms with Crippen molar-refractivity contribution in [1.82, 2.24) is 9.62 Å². The molecule has 1 saturated heterocycles. The van der Waals surface area contributed by atoms with Crippen LogP contribution in [0.15, 0.2) is 23.1 Å². The smallest absolute Gasteiger partial charge is 0.244 e. The molecule has 0 spiro atoms. The molecule has 0 atom stereocenters. The van der Waals surface area contributed by atoms with Crippen LogP contribution in [0.5, 0.6) is 0 Å². The molecular weight excluding hydrogens is 384 g/mol. The minimum Gasteiger partial charge on any atom is -0.370 e. The van der Waals surface area contributed by atoms with Crippen molar-refractivity contribution in [3.63, 3.8) is 0 Å². The Morgan fingerprint density at radius 2 is 2.04 bits per heavy atom. The molecule has 1 heterocycles. The zero-order chi connectivity index (χ0) is 18.4. The number of ether oxygens (including phenoxy) is 1. The number of hydrogen-bond acceptors (Lipinski definition) is 4. The maximum atomic E-state index is 12.3. The number of sulfonamides is 1. The monoisotopic (exact) mass is 407 g/mol. The van der Waals surface area contributed by atoms with E-state index in [4.69, 9.17) is 28.6 Å². The van der Waals surface area contributed by atoms with Gasteiger partial charge in [-0.25, -0.2) is 12.7 Å². The number of morpholine rings is 1. The first-order valence-corrected chi connectivity index (χ1v) is 10.2. The third-order valence-electron chi connectivity index (χ3n) is 3.91. The fourth-order valence-corrected chi connectivity index (χ4v) is 4.03. The highest BCUT2D eigenvalue weighted by Gasteiger charge is 2.21. The Hall–Kier alpha value is -0.970. The molecule has 1 aliphatic heterocycles. The van der Waals surface area contributed by atoms with Crippen LogP contribution in [-0.4, -0.2) is 71.3 Å². The summed E-state index contributed by atoms with van der Waals surface area (Å²) in [6.45, 7) is 5.29. The van der Waals surface area contributed by atoms with E-state index in [1.807, 2.05) is 0 Å². The average molecular weight is 408 g/mol. The third-order valence-corrected chi connectivity index (χ3v) is 6.45. The van der Waals surface area contributed by atoms with Crippen molar-refractivity contribution in [1.29, 1.82) is 0 Å². The highest BCUT2D eigenvalue weighted by Crippen LogP contribution is 2.26. The number of halogens is 1. The quantitative estimate of drug-likeness (QED) is 0.567. The molecule has 1 aromatic carbocycles. The van der Waals surface area contributed by atoms with Gasteiger partial charge in [0.25, 0.3) is 0 Å². The number of benzene rings is 1. The summed E-state index contributed by atoms with van der Waals surface area (Å²) >= 11 is 11.3. The maximum Gasteiger partial charge on any atom is 0.244 e. The van der Waals surface area contributed by atoms with Crippen LogP contribution >= 0.6 is 23.8 Å². The topological polar surface area (TPSA) is 75.1 Å². The molecule has 0 radical (unpaired) electrons. The number of hydrogen-bond donors (Lipinski definition) is 3. The second-order valence-corrected chi connectivity index (χ2v) is 8.86. The minimum absolute atomic E-state index is 0.0460. The Morgan fingerprint density at radius 3 is 2.68 bits per heavy atom. The van der Waals surface area contributed by atoms with Crippen LogP contribution < -0.4 is 15.5 Å². The lowest BCUT2D eigenvalue weighted by atomic mass is 10.3. The summed E-state index contributed by atoms with van der Waals surface area (Å²) in [5.74, 6) is 0. The first-order chi connectivity index (χ1) is 11.8. The normalized spacial score (nSPS) is 16.0. The van der Waals surface area contributed by atoms with E-state index < -0.39 is 10.0 Å². The Bertz CT molecular complexity index is 707. The summed E-state index contributed by atoms with van der Waals surface area (Å²) in [5.41, 5.74) is 0.570. The molecule has 2 rings (SSSR count). The van der Waals surface area contributed by atoms with Crippen molar-refractivity contribution < 1.29 is 18.1 Å². The molecule has 0 aliphatic carbocycles. The summed E-state index contributed by atoms with van der Waals surface area (Å²) in [6, 6.07) is 4.72. The zero-order valence-electron chi connectivity index (χ0n) is 14.3. The summed E-state index contributed by atoms with van der Waals surface area (Å²) in [5, 5.41) is 6.77. The van der Waals surface area contributed by atoms with Crippen LogP contribution in [0.2, 0.25) is 5.02 Å². The Labute approximate surface area is 159 Å². The van der Waals surface area contributed by atoms with E-state index in [-0.39, 0.29) is 9.92 Å². The molecule has 1 aliphatic rings. The lowest BCUT2D eigenvalue weighted by Gasteiger charge is -2.24. The predicted molar refractivity (Wildman–Crippen MR) is 103 cm³/mol. The molecule has 3 N–H and O–H groups in total. The number of nitrogens with one attached hydrogen (secondary N) is 3. The van der Waals surface area contributed by atoms with Crippen molar-refractivity contribution in [3.05, 3.63) is 23.2 Å². The first kappa shape index (κ1) is 20.3. The van der Waals surface area contributed by atoms with E-state index >= 15 is 0 Å². The summed E-state index contributed by atoms with van der Waals surface area (Å²) in [6.07, 6.45) is 0. The minimum atomic E-state index is -3.61. The lowest BCUT2D eigenvalue weighted by Crippen LogP contribution is -3.14. The molecule has 0 amide bonds. The molecule has 1 aromatic rings. The second kappa shape index (κ2) is 9.11. The van der Waals surface area contributed by atoms with E-state index in [1.165, 1.54) is 25.1 Å². The van der Waals surface area contributed by atoms with E-state index in [1.54, 1.807) is 12.1 Å². The van der Waals surface area contributed by atoms with E-state index in [2.05, 4.69) is 10.6 Å². The molecule has 0 aromatic heterocycles. The van der Waals surface area contributed by atoms with Gasteiger partial charge in [-0.2, -0.15) is 0 Å². The highest BCUT2D eigenvalue weighted by molar-refractivity contribution is 7.89. The van der Waals surface area contributed by atoms with Crippen LogP contribution in [0.1, 0.15) is 0 Å². The number of quaternary nitrogens is 1. The Morgan fingerprint density at radius 1 is 1.36 bits per heavy atom. The molecule has 0 saturated carbocycles. The lowest BCUT2D eigenvalue weighted by molar-refractivity contribution is -0.906. The molecule has 0 unspecified atom stereocenters. The molecule has 1 fully saturated rings. The van der Waals surface area contributed by atoms with E-state index in [0.717, 1.165) is 43.7 Å². The van der Waals surface area contributed by atoms with E-state index in [9.17, 15) is 8.42 Å². The van der Waals surface area contributed by atoms with Gasteiger partial charge in [0.05, 0.1) is 31.3 Å².